The van der Waals surface area contributed by atoms with Crippen LogP contribution in [0.1, 0.15) is 39.5 Å². The first kappa shape index (κ1) is 14.5. The molecule has 0 aliphatic heterocycles. The van der Waals surface area contributed by atoms with Crippen LogP contribution in [0, 0.1) is 18.3 Å². The summed E-state index contributed by atoms with van der Waals surface area (Å²) in [5.74, 6) is 1.44. The minimum absolute atomic E-state index is 0.219. The lowest BCUT2D eigenvalue weighted by Gasteiger charge is -2.14. The molecule has 16 heavy (non-hydrogen) atoms. The summed E-state index contributed by atoms with van der Waals surface area (Å²) in [4.78, 5) is 22.2. The number of carboxylic acids is 1. The third-order valence-electron chi connectivity index (χ3n) is 2.04. The van der Waals surface area contributed by atoms with Crippen molar-refractivity contribution in [3.05, 3.63) is 0 Å². The molecule has 1 atom stereocenters. The lowest BCUT2D eigenvalue weighted by atomic mass is 10.1. The SMILES string of the molecule is C#CCCC[C@H](NC(=O)CC(C)C)C(=O)O. The van der Waals surface area contributed by atoms with Gasteiger partial charge in [0.15, 0.2) is 0 Å². The van der Waals surface area contributed by atoms with E-state index in [1.807, 2.05) is 13.8 Å². The summed E-state index contributed by atoms with van der Waals surface area (Å²) in [6.45, 7) is 3.82. The first-order valence-corrected chi connectivity index (χ1v) is 5.43. The van der Waals surface area contributed by atoms with Gasteiger partial charge in [-0.2, -0.15) is 0 Å². The minimum atomic E-state index is -1.01. The van der Waals surface area contributed by atoms with E-state index in [1.54, 1.807) is 0 Å². The molecule has 0 saturated carbocycles. The zero-order chi connectivity index (χ0) is 12.6. The molecule has 0 rings (SSSR count). The van der Waals surface area contributed by atoms with Crippen LogP contribution in [0.15, 0.2) is 0 Å². The summed E-state index contributed by atoms with van der Waals surface area (Å²) in [5.41, 5.74) is 0. The van der Waals surface area contributed by atoms with E-state index in [0.717, 1.165) is 0 Å². The van der Waals surface area contributed by atoms with Gasteiger partial charge in [0, 0.05) is 12.8 Å². The highest BCUT2D eigenvalue weighted by Crippen LogP contribution is 2.04. The Bertz CT molecular complexity index is 278. The van der Waals surface area contributed by atoms with Gasteiger partial charge in [0.05, 0.1) is 0 Å². The fraction of sp³-hybridized carbons (Fsp3) is 0.667. The molecule has 0 bridgehead atoms. The Morgan fingerprint density at radius 2 is 2.06 bits per heavy atom. The number of carbonyl (C=O) groups is 2. The number of aliphatic carboxylic acids is 1. The van der Waals surface area contributed by atoms with Crippen LogP contribution in [-0.4, -0.2) is 23.0 Å². The normalized spacial score (nSPS) is 11.9. The van der Waals surface area contributed by atoms with E-state index in [-0.39, 0.29) is 11.8 Å². The van der Waals surface area contributed by atoms with E-state index in [1.165, 1.54) is 0 Å². The molecule has 90 valence electrons. The maximum absolute atomic E-state index is 11.4. The summed E-state index contributed by atoms with van der Waals surface area (Å²) < 4.78 is 0. The highest BCUT2D eigenvalue weighted by atomic mass is 16.4. The fourth-order valence-electron chi connectivity index (χ4n) is 1.29. The molecule has 4 nitrogen and oxygen atoms in total. The van der Waals surface area contributed by atoms with Crippen LogP contribution in [0.2, 0.25) is 0 Å². The number of hydrogen-bond acceptors (Lipinski definition) is 2. The highest BCUT2D eigenvalue weighted by molar-refractivity contribution is 5.83. The molecule has 0 saturated heterocycles. The standard InChI is InChI=1S/C12H19NO3/c1-4-5-6-7-10(12(15)16)13-11(14)8-9(2)3/h1,9-10H,5-8H2,2-3H3,(H,13,14)(H,15,16)/t10-/m0/s1. The van der Waals surface area contributed by atoms with Gasteiger partial charge >= 0.3 is 5.97 Å². The summed E-state index contributed by atoms with van der Waals surface area (Å²) >= 11 is 0. The number of unbranched alkanes of at least 4 members (excludes halogenated alkanes) is 1. The maximum atomic E-state index is 11.4. The molecule has 0 heterocycles. The largest absolute Gasteiger partial charge is 0.480 e. The second kappa shape index (κ2) is 7.75. The molecule has 0 unspecified atom stereocenters. The Morgan fingerprint density at radius 1 is 1.44 bits per heavy atom. The van der Waals surface area contributed by atoms with Gasteiger partial charge in [0.1, 0.15) is 6.04 Å². The number of terminal acetylenes is 1. The summed E-state index contributed by atoms with van der Waals surface area (Å²) in [5, 5.41) is 11.4. The summed E-state index contributed by atoms with van der Waals surface area (Å²) in [6, 6.07) is -0.820. The van der Waals surface area contributed by atoms with Gasteiger partial charge < -0.3 is 10.4 Å². The molecule has 2 N–H and O–H groups in total. The number of nitrogens with one attached hydrogen (secondary N) is 1. The summed E-state index contributed by atoms with van der Waals surface area (Å²) in [7, 11) is 0. The van der Waals surface area contributed by atoms with Crippen molar-refractivity contribution in [2.45, 2.75) is 45.6 Å². The Kier molecular flexibility index (Phi) is 7.02. The van der Waals surface area contributed by atoms with Gasteiger partial charge in [0.25, 0.3) is 0 Å². The van der Waals surface area contributed by atoms with Gasteiger partial charge in [0.2, 0.25) is 5.91 Å². The van der Waals surface area contributed by atoms with Gasteiger partial charge in [-0.1, -0.05) is 13.8 Å². The molecule has 0 aliphatic carbocycles. The van der Waals surface area contributed by atoms with Crippen LogP contribution < -0.4 is 5.32 Å². The number of rotatable bonds is 7. The van der Waals surface area contributed by atoms with E-state index in [9.17, 15) is 9.59 Å². The Hall–Kier alpha value is -1.50. The molecule has 0 aromatic heterocycles. The van der Waals surface area contributed by atoms with Crippen LogP contribution in [0.3, 0.4) is 0 Å². The molecule has 1 amide bonds. The van der Waals surface area contributed by atoms with Gasteiger partial charge in [-0.05, 0) is 18.8 Å². The van der Waals surface area contributed by atoms with Crippen molar-refractivity contribution in [1.82, 2.24) is 5.32 Å². The zero-order valence-corrected chi connectivity index (χ0v) is 9.82. The monoisotopic (exact) mass is 225 g/mol. The first-order valence-electron chi connectivity index (χ1n) is 5.43. The Balaban J connectivity index is 4.08. The fourth-order valence-corrected chi connectivity index (χ4v) is 1.29. The lowest BCUT2D eigenvalue weighted by molar-refractivity contribution is -0.142. The predicted octanol–water partition coefficient (Wildman–Crippen LogP) is 1.41. The smallest absolute Gasteiger partial charge is 0.326 e. The highest BCUT2D eigenvalue weighted by Gasteiger charge is 2.19. The average Bonchev–Trinajstić information content (AvgIpc) is 2.15. The van der Waals surface area contributed by atoms with Crippen LogP contribution in [-0.2, 0) is 9.59 Å². The minimum Gasteiger partial charge on any atom is -0.480 e. The predicted molar refractivity (Wildman–Crippen MR) is 61.7 cm³/mol. The van der Waals surface area contributed by atoms with E-state index >= 15 is 0 Å². The van der Waals surface area contributed by atoms with Crippen LogP contribution in [0.5, 0.6) is 0 Å². The van der Waals surface area contributed by atoms with Crippen molar-refractivity contribution in [3.8, 4) is 12.3 Å². The van der Waals surface area contributed by atoms with Crippen molar-refractivity contribution < 1.29 is 14.7 Å². The molecular formula is C12H19NO3. The van der Waals surface area contributed by atoms with Crippen LogP contribution >= 0.6 is 0 Å². The summed E-state index contributed by atoms with van der Waals surface area (Å²) in [6.07, 6.45) is 6.94. The second-order valence-electron chi connectivity index (χ2n) is 4.15. The van der Waals surface area contributed by atoms with E-state index in [0.29, 0.717) is 25.7 Å². The molecule has 0 radical (unpaired) electrons. The van der Waals surface area contributed by atoms with Crippen molar-refractivity contribution in [2.75, 3.05) is 0 Å². The van der Waals surface area contributed by atoms with Crippen LogP contribution in [0.4, 0.5) is 0 Å². The van der Waals surface area contributed by atoms with E-state index < -0.39 is 12.0 Å². The Labute approximate surface area is 96.4 Å². The molecular weight excluding hydrogens is 206 g/mol. The average molecular weight is 225 g/mol. The zero-order valence-electron chi connectivity index (χ0n) is 9.82. The third-order valence-corrected chi connectivity index (χ3v) is 2.04. The maximum Gasteiger partial charge on any atom is 0.326 e. The second-order valence-corrected chi connectivity index (χ2v) is 4.15. The van der Waals surface area contributed by atoms with Crippen molar-refractivity contribution in [2.24, 2.45) is 5.92 Å². The van der Waals surface area contributed by atoms with Crippen molar-refractivity contribution in [3.63, 3.8) is 0 Å². The molecule has 0 aromatic carbocycles. The first-order chi connectivity index (χ1) is 7.47. The molecule has 0 aromatic rings. The lowest BCUT2D eigenvalue weighted by Crippen LogP contribution is -2.41. The molecule has 4 heteroatoms. The quantitative estimate of drug-likeness (QED) is 0.508. The van der Waals surface area contributed by atoms with Crippen LogP contribution in [0.25, 0.3) is 0 Å². The number of carbonyl (C=O) groups excluding carboxylic acids is 1. The number of carboxylic acid groups (broad SMARTS) is 1. The third kappa shape index (κ3) is 6.88. The van der Waals surface area contributed by atoms with Crippen molar-refractivity contribution in [1.29, 1.82) is 0 Å². The number of hydrogen-bond donors (Lipinski definition) is 2. The van der Waals surface area contributed by atoms with E-state index in [4.69, 9.17) is 11.5 Å². The van der Waals surface area contributed by atoms with Gasteiger partial charge in [-0.25, -0.2) is 4.79 Å². The van der Waals surface area contributed by atoms with E-state index in [2.05, 4.69) is 11.2 Å². The van der Waals surface area contributed by atoms with Crippen molar-refractivity contribution >= 4 is 11.9 Å². The molecule has 0 fully saturated rings. The number of amides is 1. The molecule has 0 aliphatic rings. The van der Waals surface area contributed by atoms with Gasteiger partial charge in [-0.3, -0.25) is 4.79 Å². The topological polar surface area (TPSA) is 66.4 Å². The van der Waals surface area contributed by atoms with Gasteiger partial charge in [-0.15, -0.1) is 12.3 Å². The Morgan fingerprint density at radius 3 is 2.50 bits per heavy atom. The molecule has 0 spiro atoms.